The summed E-state index contributed by atoms with van der Waals surface area (Å²) in [5, 5.41) is 10.5. The Balaban J connectivity index is 1.44. The van der Waals surface area contributed by atoms with Crippen molar-refractivity contribution >= 4 is 23.4 Å². The van der Waals surface area contributed by atoms with Gasteiger partial charge in [0.1, 0.15) is 0 Å². The molecule has 6 heteroatoms. The predicted molar refractivity (Wildman–Crippen MR) is 159 cm³/mol. The van der Waals surface area contributed by atoms with Gasteiger partial charge >= 0.3 is 7.32 Å². The zero-order valence-electron chi connectivity index (χ0n) is 22.0. The maximum absolute atomic E-state index is 12.6. The fourth-order valence-corrected chi connectivity index (χ4v) is 6.30. The molecule has 0 aromatic heterocycles. The lowest BCUT2D eigenvalue weighted by Crippen LogP contribution is -2.31. The number of hydrogen-bond acceptors (Lipinski definition) is 4. The van der Waals surface area contributed by atoms with Gasteiger partial charge in [-0.2, -0.15) is 0 Å². The highest BCUT2D eigenvalue weighted by atomic mass is 32.3. The van der Waals surface area contributed by atoms with Gasteiger partial charge in [0.15, 0.2) is 5.78 Å². The van der Waals surface area contributed by atoms with Gasteiger partial charge in [0.05, 0.1) is 5.75 Å². The van der Waals surface area contributed by atoms with Gasteiger partial charge in [0.25, 0.3) is 0 Å². The Morgan fingerprint density at radius 1 is 0.737 bits per heavy atom. The zero-order valence-corrected chi connectivity index (χ0v) is 22.8. The average Bonchev–Trinajstić information content (AvgIpc) is 2.94. The van der Waals surface area contributed by atoms with Crippen LogP contribution in [-0.2, 0) is 14.2 Å². The number of carbonyl (C=O) groups is 1. The summed E-state index contributed by atoms with van der Waals surface area (Å²) in [6.07, 6.45) is 5.20. The molecular formula is C32H35BO4S. The number of hydrogen-bond donors (Lipinski definition) is 1. The van der Waals surface area contributed by atoms with Gasteiger partial charge in [-0.25, -0.2) is 0 Å². The van der Waals surface area contributed by atoms with Crippen molar-refractivity contribution in [2.24, 2.45) is 0 Å². The van der Waals surface area contributed by atoms with Gasteiger partial charge < -0.3 is 13.8 Å². The predicted octanol–water partition coefficient (Wildman–Crippen LogP) is 6.67. The number of rotatable bonds is 13. The molecule has 4 nitrogen and oxygen atoms in total. The molecule has 0 saturated heterocycles. The van der Waals surface area contributed by atoms with Crippen molar-refractivity contribution in [3.63, 3.8) is 0 Å². The third-order valence-electron chi connectivity index (χ3n) is 6.67. The van der Waals surface area contributed by atoms with Crippen molar-refractivity contribution in [1.29, 1.82) is 0 Å². The van der Waals surface area contributed by atoms with Crippen LogP contribution in [0.4, 0.5) is 0 Å². The van der Waals surface area contributed by atoms with E-state index in [0.717, 1.165) is 6.42 Å². The monoisotopic (exact) mass is 526 g/mol. The molecule has 0 unspecified atom stereocenters. The molecule has 4 aromatic rings. The lowest BCUT2D eigenvalue weighted by atomic mass is 9.67. The van der Waals surface area contributed by atoms with E-state index in [1.807, 2.05) is 48.9 Å². The maximum Gasteiger partial charge on any atom is 0.647 e. The Kier molecular flexibility index (Phi) is 9.59. The molecule has 38 heavy (non-hydrogen) atoms. The Morgan fingerprint density at radius 2 is 1.16 bits per heavy atom. The zero-order chi connectivity index (χ0) is 26.8. The summed E-state index contributed by atoms with van der Waals surface area (Å²) in [6, 6.07) is 40.8. The summed E-state index contributed by atoms with van der Waals surface area (Å²) in [5.74, 6) is 0.215. The quantitative estimate of drug-likeness (QED) is 0.0915. The van der Waals surface area contributed by atoms with Gasteiger partial charge in [0.2, 0.25) is 0 Å². The number of Topliss-reactive ketones (excluding diaryl/α,β-unsaturated/α-hetero) is 1. The van der Waals surface area contributed by atoms with Gasteiger partial charge in [-0.05, 0) is 42.0 Å². The summed E-state index contributed by atoms with van der Waals surface area (Å²) >= 11 is 0. The van der Waals surface area contributed by atoms with E-state index >= 15 is 0 Å². The molecule has 0 atom stereocenters. The standard InChI is InChI=1S/C32H35BO4S/c1-38(2,26-31(34)27-16-7-3-8-17-27)37-33(35)36-25-15-24-32(28-18-9-4-10-19-28,29-20-11-5-12-21-29)30-22-13-6-14-23-30/h3-14,16-23,35H,15,24-26H2,1-2H3. The van der Waals surface area contributed by atoms with Crippen LogP contribution in [0, 0.1) is 0 Å². The van der Waals surface area contributed by atoms with Crippen LogP contribution in [0.5, 0.6) is 0 Å². The van der Waals surface area contributed by atoms with Gasteiger partial charge in [-0.3, -0.25) is 4.79 Å². The molecule has 0 bridgehead atoms. The van der Waals surface area contributed by atoms with Crippen molar-refractivity contribution in [3.05, 3.63) is 144 Å². The van der Waals surface area contributed by atoms with Gasteiger partial charge in [-0.1, -0.05) is 121 Å². The molecule has 4 aromatic carbocycles. The first-order valence-corrected chi connectivity index (χ1v) is 15.4. The minimum atomic E-state index is -1.85. The summed E-state index contributed by atoms with van der Waals surface area (Å²) in [6.45, 7) is 0.317. The summed E-state index contributed by atoms with van der Waals surface area (Å²) in [4.78, 5) is 12.6. The second-order valence-electron chi connectivity index (χ2n) is 9.75. The lowest BCUT2D eigenvalue weighted by Gasteiger charge is -2.36. The van der Waals surface area contributed by atoms with Crippen LogP contribution < -0.4 is 0 Å². The molecule has 0 aliphatic carbocycles. The lowest BCUT2D eigenvalue weighted by molar-refractivity contribution is 0.102. The first kappa shape index (κ1) is 27.9. The molecule has 0 amide bonds. The third-order valence-corrected chi connectivity index (χ3v) is 8.32. The minimum absolute atomic E-state index is 0.00355. The van der Waals surface area contributed by atoms with Crippen LogP contribution in [0.1, 0.15) is 39.9 Å². The number of benzene rings is 4. The fraction of sp³-hybridized carbons (Fsp3) is 0.219. The van der Waals surface area contributed by atoms with E-state index in [0.29, 0.717) is 18.6 Å². The van der Waals surface area contributed by atoms with Crippen molar-refractivity contribution < 1.29 is 18.6 Å². The third kappa shape index (κ3) is 7.03. The average molecular weight is 527 g/mol. The Hall–Kier alpha value is -3.16. The van der Waals surface area contributed by atoms with E-state index in [9.17, 15) is 9.82 Å². The first-order chi connectivity index (χ1) is 18.4. The molecular weight excluding hydrogens is 491 g/mol. The maximum atomic E-state index is 12.6. The van der Waals surface area contributed by atoms with Gasteiger partial charge in [-0.15, -0.1) is 10.3 Å². The van der Waals surface area contributed by atoms with Crippen molar-refractivity contribution in [2.45, 2.75) is 18.3 Å². The highest BCUT2D eigenvalue weighted by Gasteiger charge is 2.36. The van der Waals surface area contributed by atoms with Crippen LogP contribution in [-0.4, -0.2) is 43.0 Å². The van der Waals surface area contributed by atoms with E-state index in [4.69, 9.17) is 8.75 Å². The highest BCUT2D eigenvalue weighted by molar-refractivity contribution is 8.29. The second-order valence-corrected chi connectivity index (χ2v) is 13.1. The number of carbonyl (C=O) groups excluding carboxylic acids is 1. The van der Waals surface area contributed by atoms with Crippen LogP contribution in [0.15, 0.2) is 121 Å². The van der Waals surface area contributed by atoms with E-state index < -0.39 is 17.6 Å². The summed E-state index contributed by atoms with van der Waals surface area (Å²) in [5.41, 5.74) is 3.90. The molecule has 196 valence electrons. The van der Waals surface area contributed by atoms with Crippen LogP contribution in [0.2, 0.25) is 0 Å². The molecule has 0 fully saturated rings. The first-order valence-electron chi connectivity index (χ1n) is 12.8. The minimum Gasteiger partial charge on any atom is -0.401 e. The van der Waals surface area contributed by atoms with E-state index in [1.165, 1.54) is 16.7 Å². The Bertz CT molecular complexity index is 1170. The Morgan fingerprint density at radius 3 is 1.61 bits per heavy atom. The molecule has 0 heterocycles. The summed E-state index contributed by atoms with van der Waals surface area (Å²) in [7, 11) is -3.23. The molecule has 0 aliphatic rings. The topological polar surface area (TPSA) is 55.8 Å². The second kappa shape index (κ2) is 13.1. The smallest absolute Gasteiger partial charge is 0.401 e. The number of ketones is 1. The van der Waals surface area contributed by atoms with Crippen molar-refractivity contribution in [1.82, 2.24) is 0 Å². The molecule has 1 N–H and O–H groups in total. The SMILES string of the molecule is CS(C)(CC(=O)c1ccccc1)OB(O)OCCCC(c1ccccc1)(c1ccccc1)c1ccccc1. The largest absolute Gasteiger partial charge is 0.647 e. The van der Waals surface area contributed by atoms with E-state index in [1.54, 1.807) is 12.1 Å². The molecule has 0 aliphatic heterocycles. The summed E-state index contributed by atoms with van der Waals surface area (Å²) < 4.78 is 11.5. The van der Waals surface area contributed by atoms with Crippen LogP contribution in [0.3, 0.4) is 0 Å². The van der Waals surface area contributed by atoms with Crippen molar-refractivity contribution in [2.75, 3.05) is 24.9 Å². The van der Waals surface area contributed by atoms with Crippen molar-refractivity contribution in [3.8, 4) is 0 Å². The highest BCUT2D eigenvalue weighted by Crippen LogP contribution is 2.44. The normalized spacial score (nSPS) is 12.2. The molecule has 0 spiro atoms. The van der Waals surface area contributed by atoms with E-state index in [2.05, 4.69) is 72.8 Å². The van der Waals surface area contributed by atoms with E-state index in [-0.39, 0.29) is 17.0 Å². The molecule has 4 rings (SSSR count). The van der Waals surface area contributed by atoms with Crippen LogP contribution >= 0.6 is 10.3 Å². The van der Waals surface area contributed by atoms with Gasteiger partial charge in [0, 0.05) is 17.6 Å². The molecule has 0 radical (unpaired) electrons. The van der Waals surface area contributed by atoms with Crippen LogP contribution in [0.25, 0.3) is 0 Å². The fourth-order valence-electron chi connectivity index (χ4n) is 4.93. The Labute approximate surface area is 228 Å². The molecule has 0 saturated carbocycles.